The lowest BCUT2D eigenvalue weighted by Gasteiger charge is -2.21. The van der Waals surface area contributed by atoms with E-state index in [4.69, 9.17) is 4.74 Å². The van der Waals surface area contributed by atoms with Gasteiger partial charge < -0.3 is 15.0 Å². The minimum absolute atomic E-state index is 0.266. The van der Waals surface area contributed by atoms with Gasteiger partial charge in [-0.2, -0.15) is 0 Å². The van der Waals surface area contributed by atoms with Crippen LogP contribution in [0.15, 0.2) is 54.6 Å². The van der Waals surface area contributed by atoms with Crippen molar-refractivity contribution in [2.45, 2.75) is 19.4 Å². The number of para-hydroxylation sites is 1. The predicted octanol–water partition coefficient (Wildman–Crippen LogP) is 1.94. The second-order valence-electron chi connectivity index (χ2n) is 6.05. The number of nitrogens with zero attached hydrogens (tertiary/aromatic N) is 1. The zero-order valence-corrected chi connectivity index (χ0v) is 14.5. The van der Waals surface area contributed by atoms with Crippen molar-refractivity contribution in [3.63, 3.8) is 0 Å². The molecule has 0 spiro atoms. The third kappa shape index (κ3) is 3.91. The molecule has 1 N–H and O–H groups in total. The molecule has 1 heterocycles. The summed E-state index contributed by atoms with van der Waals surface area (Å²) in [4.78, 5) is 38.1. The van der Waals surface area contributed by atoms with Gasteiger partial charge in [-0.25, -0.2) is 0 Å². The predicted molar refractivity (Wildman–Crippen MR) is 96.8 cm³/mol. The molecule has 0 bridgehead atoms. The van der Waals surface area contributed by atoms with Crippen LogP contribution in [0.1, 0.15) is 22.8 Å². The maximum absolute atomic E-state index is 12.6. The molecule has 2 amide bonds. The molecule has 0 saturated carbocycles. The third-order valence-electron chi connectivity index (χ3n) is 4.24. The van der Waals surface area contributed by atoms with Crippen LogP contribution in [-0.2, 0) is 20.7 Å². The van der Waals surface area contributed by atoms with E-state index >= 15 is 0 Å². The number of nitrogens with one attached hydrogen (secondary N) is 1. The summed E-state index contributed by atoms with van der Waals surface area (Å²) in [5.41, 5.74) is 2.42. The number of ether oxygens (including phenoxy) is 1. The molecule has 0 radical (unpaired) electrons. The monoisotopic (exact) mass is 352 g/mol. The van der Waals surface area contributed by atoms with Crippen LogP contribution in [0, 0.1) is 0 Å². The van der Waals surface area contributed by atoms with Crippen LogP contribution in [-0.4, -0.2) is 37.0 Å². The topological polar surface area (TPSA) is 75.7 Å². The summed E-state index contributed by atoms with van der Waals surface area (Å²) in [5, 5.41) is 2.49. The number of rotatable bonds is 5. The SMILES string of the molecule is C[C@H](OC(=O)CNC(=O)c1ccccc1)C(=O)N1CCc2ccccc21. The van der Waals surface area contributed by atoms with Crippen LogP contribution in [0.25, 0.3) is 0 Å². The van der Waals surface area contributed by atoms with E-state index in [0.29, 0.717) is 12.1 Å². The van der Waals surface area contributed by atoms with E-state index in [1.165, 1.54) is 0 Å². The minimum atomic E-state index is -0.915. The van der Waals surface area contributed by atoms with Gasteiger partial charge in [0, 0.05) is 17.8 Å². The highest BCUT2D eigenvalue weighted by atomic mass is 16.5. The fourth-order valence-corrected chi connectivity index (χ4v) is 2.92. The average molecular weight is 352 g/mol. The van der Waals surface area contributed by atoms with Crippen molar-refractivity contribution in [1.29, 1.82) is 0 Å². The average Bonchev–Trinajstić information content (AvgIpc) is 3.10. The highest BCUT2D eigenvalue weighted by Gasteiger charge is 2.29. The zero-order chi connectivity index (χ0) is 18.5. The van der Waals surface area contributed by atoms with Crippen LogP contribution in [0.5, 0.6) is 0 Å². The highest BCUT2D eigenvalue weighted by molar-refractivity contribution is 5.99. The van der Waals surface area contributed by atoms with E-state index in [9.17, 15) is 14.4 Å². The molecular formula is C20H20N2O4. The first-order valence-corrected chi connectivity index (χ1v) is 8.48. The van der Waals surface area contributed by atoms with Crippen LogP contribution in [0.4, 0.5) is 5.69 Å². The summed E-state index contributed by atoms with van der Waals surface area (Å²) in [6.07, 6.45) is -0.127. The van der Waals surface area contributed by atoms with Crippen LogP contribution < -0.4 is 10.2 Å². The first-order valence-electron chi connectivity index (χ1n) is 8.48. The van der Waals surface area contributed by atoms with Gasteiger partial charge in [0.05, 0.1) is 0 Å². The van der Waals surface area contributed by atoms with Crippen LogP contribution in [0.2, 0.25) is 0 Å². The van der Waals surface area contributed by atoms with Crippen molar-refractivity contribution in [2.75, 3.05) is 18.0 Å². The molecular weight excluding hydrogens is 332 g/mol. The molecule has 0 aliphatic carbocycles. The molecule has 3 rings (SSSR count). The Hall–Kier alpha value is -3.15. The molecule has 1 atom stereocenters. The van der Waals surface area contributed by atoms with Crippen molar-refractivity contribution in [2.24, 2.45) is 0 Å². The maximum atomic E-state index is 12.6. The van der Waals surface area contributed by atoms with Crippen molar-refractivity contribution in [3.05, 3.63) is 65.7 Å². The van der Waals surface area contributed by atoms with Gasteiger partial charge in [0.25, 0.3) is 11.8 Å². The number of hydrogen-bond donors (Lipinski definition) is 1. The molecule has 2 aromatic carbocycles. The fourth-order valence-electron chi connectivity index (χ4n) is 2.92. The van der Waals surface area contributed by atoms with Crippen molar-refractivity contribution in [3.8, 4) is 0 Å². The standard InChI is InChI=1S/C20H20N2O4/c1-14(20(25)22-12-11-15-7-5-6-10-17(15)22)26-18(23)13-21-19(24)16-8-3-2-4-9-16/h2-10,14H,11-13H2,1H3,(H,21,24)/t14-/m0/s1. The van der Waals surface area contributed by atoms with Gasteiger partial charge in [-0.15, -0.1) is 0 Å². The number of benzene rings is 2. The van der Waals surface area contributed by atoms with Crippen LogP contribution >= 0.6 is 0 Å². The summed E-state index contributed by atoms with van der Waals surface area (Å²) < 4.78 is 5.18. The van der Waals surface area contributed by atoms with Gasteiger partial charge in [0.1, 0.15) is 6.54 Å². The number of esters is 1. The van der Waals surface area contributed by atoms with Gasteiger partial charge >= 0.3 is 5.97 Å². The first kappa shape index (κ1) is 17.7. The Morgan fingerprint density at radius 2 is 1.77 bits per heavy atom. The van der Waals surface area contributed by atoms with Gasteiger partial charge in [0.15, 0.2) is 6.10 Å². The summed E-state index contributed by atoms with van der Waals surface area (Å²) in [7, 11) is 0. The Bertz CT molecular complexity index is 820. The lowest BCUT2D eigenvalue weighted by Crippen LogP contribution is -2.41. The minimum Gasteiger partial charge on any atom is -0.451 e. The Labute approximate surface area is 151 Å². The van der Waals surface area contributed by atoms with Crippen molar-refractivity contribution < 1.29 is 19.1 Å². The largest absolute Gasteiger partial charge is 0.451 e. The van der Waals surface area contributed by atoms with E-state index in [0.717, 1.165) is 17.7 Å². The normalized spacial score (nSPS) is 13.7. The van der Waals surface area contributed by atoms with E-state index in [1.807, 2.05) is 24.3 Å². The number of carbonyl (C=O) groups excluding carboxylic acids is 3. The zero-order valence-electron chi connectivity index (χ0n) is 14.5. The van der Waals surface area contributed by atoms with E-state index in [-0.39, 0.29) is 18.4 Å². The van der Waals surface area contributed by atoms with Gasteiger partial charge in [-0.05, 0) is 37.1 Å². The number of fused-ring (bicyclic) bond motifs is 1. The molecule has 134 valence electrons. The molecule has 6 nitrogen and oxygen atoms in total. The molecule has 1 aliphatic heterocycles. The fraction of sp³-hybridized carbons (Fsp3) is 0.250. The first-order chi connectivity index (χ1) is 12.6. The molecule has 26 heavy (non-hydrogen) atoms. The molecule has 0 saturated heterocycles. The summed E-state index contributed by atoms with van der Waals surface area (Å²) in [6.45, 7) is 1.83. The highest BCUT2D eigenvalue weighted by Crippen LogP contribution is 2.28. The Morgan fingerprint density at radius 1 is 1.08 bits per heavy atom. The molecule has 1 aliphatic rings. The van der Waals surface area contributed by atoms with E-state index in [2.05, 4.69) is 5.32 Å². The number of hydrogen-bond acceptors (Lipinski definition) is 4. The Morgan fingerprint density at radius 3 is 2.54 bits per heavy atom. The molecule has 2 aromatic rings. The Balaban J connectivity index is 1.51. The maximum Gasteiger partial charge on any atom is 0.326 e. The molecule has 0 unspecified atom stereocenters. The second kappa shape index (κ2) is 7.82. The Kier molecular flexibility index (Phi) is 5.31. The summed E-state index contributed by atoms with van der Waals surface area (Å²) in [5.74, 6) is -1.28. The lowest BCUT2D eigenvalue weighted by atomic mass is 10.2. The number of amides is 2. The number of carbonyl (C=O) groups is 3. The second-order valence-corrected chi connectivity index (χ2v) is 6.05. The number of anilines is 1. The van der Waals surface area contributed by atoms with E-state index < -0.39 is 12.1 Å². The molecule has 6 heteroatoms. The van der Waals surface area contributed by atoms with Crippen molar-refractivity contribution in [1.82, 2.24) is 5.32 Å². The van der Waals surface area contributed by atoms with Gasteiger partial charge in [0.2, 0.25) is 0 Å². The van der Waals surface area contributed by atoms with Crippen LogP contribution in [0.3, 0.4) is 0 Å². The molecule has 0 aromatic heterocycles. The summed E-state index contributed by atoms with van der Waals surface area (Å²) in [6, 6.07) is 16.3. The van der Waals surface area contributed by atoms with Crippen molar-refractivity contribution >= 4 is 23.5 Å². The summed E-state index contributed by atoms with van der Waals surface area (Å²) >= 11 is 0. The quantitative estimate of drug-likeness (QED) is 0.835. The molecule has 0 fully saturated rings. The van der Waals surface area contributed by atoms with Gasteiger partial charge in [-0.1, -0.05) is 36.4 Å². The van der Waals surface area contributed by atoms with Gasteiger partial charge in [-0.3, -0.25) is 14.4 Å². The van der Waals surface area contributed by atoms with E-state index in [1.54, 1.807) is 42.2 Å². The third-order valence-corrected chi connectivity index (χ3v) is 4.24. The smallest absolute Gasteiger partial charge is 0.326 e. The lowest BCUT2D eigenvalue weighted by molar-refractivity contribution is -0.152.